The molecule has 3 rings (SSSR count). The zero-order valence-corrected chi connectivity index (χ0v) is 14.9. The van der Waals surface area contributed by atoms with Crippen molar-refractivity contribution in [2.24, 2.45) is 0 Å². The largest absolute Gasteiger partial charge is 0.493 e. The Balaban J connectivity index is 1.87. The Morgan fingerprint density at radius 3 is 2.56 bits per heavy atom. The van der Waals surface area contributed by atoms with Crippen molar-refractivity contribution in [1.29, 1.82) is 0 Å². The molecule has 1 amide bonds. The van der Waals surface area contributed by atoms with Gasteiger partial charge in [0.1, 0.15) is 11.5 Å². The molecule has 0 N–H and O–H groups in total. The predicted molar refractivity (Wildman–Crippen MR) is 96.3 cm³/mol. The minimum atomic E-state index is -0.267. The minimum Gasteiger partial charge on any atom is -0.493 e. The van der Waals surface area contributed by atoms with Crippen LogP contribution in [0.4, 0.5) is 0 Å². The quantitative estimate of drug-likeness (QED) is 0.602. The third-order valence-corrected chi connectivity index (χ3v) is 4.06. The number of carbonyl (C=O) groups is 1. The lowest BCUT2D eigenvalue weighted by atomic mass is 10.1. The van der Waals surface area contributed by atoms with E-state index in [1.807, 2.05) is 25.1 Å². The maximum Gasteiger partial charge on any atom is 0.297 e. The van der Waals surface area contributed by atoms with Gasteiger partial charge in [0.2, 0.25) is 0 Å². The zero-order chi connectivity index (χ0) is 18.0. The number of amides is 1. The van der Waals surface area contributed by atoms with Gasteiger partial charge in [0.05, 0.1) is 14.2 Å². The number of likely N-dealkylation sites (N-methyl/N-ethyl adjacent to an activating group) is 1. The van der Waals surface area contributed by atoms with E-state index in [-0.39, 0.29) is 16.8 Å². The average Bonchev–Trinajstić information content (AvgIpc) is 3.19. The second kappa shape index (κ2) is 6.98. The lowest BCUT2D eigenvalue weighted by Gasteiger charge is -2.08. The van der Waals surface area contributed by atoms with Crippen LogP contribution in [0.2, 0.25) is 0 Å². The number of nitrogens with zero attached hydrogens (tertiary/aromatic N) is 1. The molecule has 0 bridgehead atoms. The zero-order valence-electron chi connectivity index (χ0n) is 14.1. The van der Waals surface area contributed by atoms with Gasteiger partial charge in [-0.1, -0.05) is 0 Å². The number of ether oxygens (including phenoxy) is 3. The van der Waals surface area contributed by atoms with Gasteiger partial charge in [0, 0.05) is 18.2 Å². The van der Waals surface area contributed by atoms with Crippen molar-refractivity contribution >= 4 is 29.4 Å². The molecule has 1 saturated heterocycles. The second-order valence-corrected chi connectivity index (χ2v) is 5.55. The molecule has 1 aromatic carbocycles. The Morgan fingerprint density at radius 2 is 1.92 bits per heavy atom. The fourth-order valence-electron chi connectivity index (χ4n) is 2.48. The van der Waals surface area contributed by atoms with Crippen LogP contribution in [0.1, 0.15) is 12.7 Å². The maximum absolute atomic E-state index is 12.2. The Morgan fingerprint density at radius 1 is 1.16 bits per heavy atom. The van der Waals surface area contributed by atoms with Crippen LogP contribution >= 0.6 is 12.2 Å². The van der Waals surface area contributed by atoms with Crippen molar-refractivity contribution in [3.63, 3.8) is 0 Å². The molecule has 0 unspecified atom stereocenters. The number of furan rings is 1. The SMILES string of the molecule is CCN1C(=O)C(=Cc2ccc(-c3ccc(OC)c(OC)c3)o2)OC1=S. The summed E-state index contributed by atoms with van der Waals surface area (Å²) >= 11 is 5.03. The maximum atomic E-state index is 12.2. The molecule has 0 spiro atoms. The van der Waals surface area contributed by atoms with E-state index in [4.69, 9.17) is 30.8 Å². The number of rotatable bonds is 5. The molecule has 1 aliphatic rings. The Kier molecular flexibility index (Phi) is 4.76. The normalized spacial score (nSPS) is 15.6. The van der Waals surface area contributed by atoms with E-state index in [9.17, 15) is 4.79 Å². The summed E-state index contributed by atoms with van der Waals surface area (Å²) in [4.78, 5) is 13.5. The molecule has 25 heavy (non-hydrogen) atoms. The standard InChI is InChI=1S/C18H17NO5S/c1-4-19-17(20)16(24-18(19)25)10-12-6-8-13(23-12)11-5-7-14(21-2)15(9-11)22-3/h5-10H,4H2,1-3H3. The van der Waals surface area contributed by atoms with Crippen LogP contribution < -0.4 is 9.47 Å². The molecule has 0 radical (unpaired) electrons. The van der Waals surface area contributed by atoms with Crippen LogP contribution in [0.15, 0.2) is 40.5 Å². The summed E-state index contributed by atoms with van der Waals surface area (Å²) in [7, 11) is 3.16. The number of thiocarbonyl (C=S) groups is 1. The molecule has 0 aliphatic carbocycles. The van der Waals surface area contributed by atoms with Crippen LogP contribution in [-0.2, 0) is 9.53 Å². The van der Waals surface area contributed by atoms with Crippen LogP contribution in [0, 0.1) is 0 Å². The first-order valence-electron chi connectivity index (χ1n) is 7.65. The van der Waals surface area contributed by atoms with Crippen molar-refractivity contribution in [1.82, 2.24) is 4.90 Å². The van der Waals surface area contributed by atoms with E-state index in [0.717, 1.165) is 5.56 Å². The summed E-state index contributed by atoms with van der Waals surface area (Å²) in [5.74, 6) is 2.26. The fourth-order valence-corrected chi connectivity index (χ4v) is 2.78. The van der Waals surface area contributed by atoms with Crippen LogP contribution in [-0.4, -0.2) is 36.7 Å². The average molecular weight is 359 g/mol. The van der Waals surface area contributed by atoms with Crippen molar-refractivity contribution in [2.75, 3.05) is 20.8 Å². The molecule has 6 nitrogen and oxygen atoms in total. The second-order valence-electron chi connectivity index (χ2n) is 5.20. The summed E-state index contributed by atoms with van der Waals surface area (Å²) in [6, 6.07) is 9.05. The van der Waals surface area contributed by atoms with Gasteiger partial charge in [0.15, 0.2) is 17.3 Å². The topological polar surface area (TPSA) is 61.1 Å². The van der Waals surface area contributed by atoms with Crippen molar-refractivity contribution in [3.8, 4) is 22.8 Å². The van der Waals surface area contributed by atoms with E-state index in [1.54, 1.807) is 26.4 Å². The summed E-state index contributed by atoms with van der Waals surface area (Å²) in [5.41, 5.74) is 0.826. The van der Waals surface area contributed by atoms with Crippen molar-refractivity contribution < 1.29 is 23.4 Å². The smallest absolute Gasteiger partial charge is 0.297 e. The summed E-state index contributed by atoms with van der Waals surface area (Å²) in [6.07, 6.45) is 1.54. The van der Waals surface area contributed by atoms with Gasteiger partial charge in [-0.25, -0.2) is 0 Å². The van der Waals surface area contributed by atoms with Crippen LogP contribution in [0.3, 0.4) is 0 Å². The first kappa shape index (κ1) is 17.0. The van der Waals surface area contributed by atoms with E-state index in [2.05, 4.69) is 0 Å². The first-order valence-corrected chi connectivity index (χ1v) is 8.05. The molecule has 1 aliphatic heterocycles. The summed E-state index contributed by atoms with van der Waals surface area (Å²) in [5, 5.41) is 0.158. The number of benzene rings is 1. The highest BCUT2D eigenvalue weighted by atomic mass is 32.1. The number of methoxy groups -OCH3 is 2. The Bertz CT molecular complexity index is 855. The van der Waals surface area contributed by atoms with Gasteiger partial charge < -0.3 is 18.6 Å². The van der Waals surface area contributed by atoms with Gasteiger partial charge in [-0.15, -0.1) is 0 Å². The number of carbonyl (C=O) groups excluding carboxylic acids is 1. The molecule has 0 saturated carbocycles. The van der Waals surface area contributed by atoms with Crippen molar-refractivity contribution in [3.05, 3.63) is 41.9 Å². The van der Waals surface area contributed by atoms with E-state index < -0.39 is 0 Å². The first-order chi connectivity index (χ1) is 12.1. The molecular formula is C18H17NO5S. The third kappa shape index (κ3) is 3.23. The van der Waals surface area contributed by atoms with Gasteiger partial charge >= 0.3 is 0 Å². The van der Waals surface area contributed by atoms with Gasteiger partial charge in [-0.2, -0.15) is 0 Å². The molecule has 130 valence electrons. The third-order valence-electron chi connectivity index (χ3n) is 3.76. The molecule has 1 fully saturated rings. The monoisotopic (exact) mass is 359 g/mol. The lowest BCUT2D eigenvalue weighted by Crippen LogP contribution is -2.27. The van der Waals surface area contributed by atoms with E-state index in [1.165, 1.54) is 11.0 Å². The Labute approximate surface area is 150 Å². The summed E-state index contributed by atoms with van der Waals surface area (Å²) < 4.78 is 21.7. The van der Waals surface area contributed by atoms with Gasteiger partial charge in [0.25, 0.3) is 11.1 Å². The Hall–Kier alpha value is -2.80. The van der Waals surface area contributed by atoms with Crippen molar-refractivity contribution in [2.45, 2.75) is 6.92 Å². The molecule has 7 heteroatoms. The number of hydrogen-bond acceptors (Lipinski definition) is 6. The highest BCUT2D eigenvalue weighted by molar-refractivity contribution is 7.80. The highest BCUT2D eigenvalue weighted by Crippen LogP contribution is 2.33. The minimum absolute atomic E-state index is 0.153. The van der Waals surface area contributed by atoms with Crippen LogP contribution in [0.5, 0.6) is 11.5 Å². The van der Waals surface area contributed by atoms with Gasteiger partial charge in [-0.05, 0) is 49.5 Å². The molecule has 2 aromatic rings. The molecule has 0 atom stereocenters. The van der Waals surface area contributed by atoms with Crippen LogP contribution in [0.25, 0.3) is 17.4 Å². The molecular weight excluding hydrogens is 342 g/mol. The fraction of sp³-hybridized carbons (Fsp3) is 0.222. The summed E-state index contributed by atoms with van der Waals surface area (Å²) in [6.45, 7) is 2.29. The predicted octanol–water partition coefficient (Wildman–Crippen LogP) is 3.47. The highest BCUT2D eigenvalue weighted by Gasteiger charge is 2.32. The molecule has 2 heterocycles. The van der Waals surface area contributed by atoms with E-state index >= 15 is 0 Å². The lowest BCUT2D eigenvalue weighted by molar-refractivity contribution is -0.122. The van der Waals surface area contributed by atoms with Gasteiger partial charge in [-0.3, -0.25) is 9.69 Å². The molecule has 1 aromatic heterocycles. The van der Waals surface area contributed by atoms with E-state index in [0.29, 0.717) is 29.6 Å². The number of hydrogen-bond donors (Lipinski definition) is 0.